The van der Waals surface area contributed by atoms with Crippen molar-refractivity contribution < 1.29 is 31.1 Å². The van der Waals surface area contributed by atoms with Crippen LogP contribution in [-0.2, 0) is 21.2 Å². The highest BCUT2D eigenvalue weighted by Gasteiger charge is 2.47. The van der Waals surface area contributed by atoms with Gasteiger partial charge in [0.2, 0.25) is 10.0 Å². The highest BCUT2D eigenvalue weighted by atomic mass is 32.2. The maximum Gasteiger partial charge on any atom is 0.314 e. The first-order valence-electron chi connectivity index (χ1n) is 11.0. The summed E-state index contributed by atoms with van der Waals surface area (Å²) in [6.45, 7) is 0.659. The molecule has 2 amide bonds. The van der Waals surface area contributed by atoms with Crippen LogP contribution in [0.4, 0.5) is 18.0 Å². The molecule has 12 heteroatoms. The predicted octanol–water partition coefficient (Wildman–Crippen LogP) is 1.49. The monoisotopic (exact) mass is 492 g/mol. The first-order chi connectivity index (χ1) is 15.6. The molecular weight excluding hydrogens is 461 g/mol. The normalized spacial score (nSPS) is 24.0. The Balaban J connectivity index is 1.55. The molecule has 2 aliphatic heterocycles. The van der Waals surface area contributed by atoms with E-state index in [1.165, 1.54) is 7.11 Å². The number of nitrogens with two attached hydrogens (primary N) is 1. The third-order valence-electron chi connectivity index (χ3n) is 6.41. The largest absolute Gasteiger partial charge is 0.383 e. The molecule has 2 bridgehead atoms. The molecule has 0 spiro atoms. The van der Waals surface area contributed by atoms with E-state index in [0.717, 1.165) is 6.07 Å². The van der Waals surface area contributed by atoms with E-state index in [-0.39, 0.29) is 42.3 Å². The molecule has 0 aromatic heterocycles. The molecule has 8 nitrogen and oxygen atoms in total. The molecule has 0 radical (unpaired) electrons. The van der Waals surface area contributed by atoms with Crippen molar-refractivity contribution in [3.63, 3.8) is 0 Å². The number of urea groups is 1. The van der Waals surface area contributed by atoms with Crippen LogP contribution < -0.4 is 16.4 Å². The minimum Gasteiger partial charge on any atom is -0.383 e. The Bertz CT molecular complexity index is 936. The number of ether oxygens (including phenoxy) is 1. The molecule has 2 heterocycles. The summed E-state index contributed by atoms with van der Waals surface area (Å²) < 4.78 is 73.0. The Morgan fingerprint density at radius 2 is 1.73 bits per heavy atom. The number of carbonyl (C=O) groups excluding carboxylic acids is 1. The number of rotatable bonds is 10. The molecule has 33 heavy (non-hydrogen) atoms. The zero-order valence-electron chi connectivity index (χ0n) is 18.5. The van der Waals surface area contributed by atoms with E-state index >= 15 is 0 Å². The number of nitrogens with zero attached hydrogens (tertiary/aromatic N) is 1. The maximum atomic E-state index is 14.0. The van der Waals surface area contributed by atoms with E-state index in [4.69, 9.17) is 10.5 Å². The molecule has 2 fully saturated rings. The number of sulfonamides is 1. The zero-order valence-corrected chi connectivity index (χ0v) is 19.3. The summed E-state index contributed by atoms with van der Waals surface area (Å²) in [4.78, 5) is 11.7. The lowest BCUT2D eigenvalue weighted by atomic mass is 9.83. The number of benzene rings is 1. The van der Waals surface area contributed by atoms with Crippen molar-refractivity contribution in [2.75, 3.05) is 32.6 Å². The fourth-order valence-corrected chi connectivity index (χ4v) is 6.71. The quantitative estimate of drug-likeness (QED) is 0.338. The lowest BCUT2D eigenvalue weighted by Gasteiger charge is -2.40. The van der Waals surface area contributed by atoms with E-state index < -0.39 is 39.5 Å². The molecule has 4 atom stereocenters. The van der Waals surface area contributed by atoms with Gasteiger partial charge in [0, 0.05) is 44.4 Å². The highest BCUT2D eigenvalue weighted by molar-refractivity contribution is 7.89. The van der Waals surface area contributed by atoms with E-state index in [2.05, 4.69) is 10.6 Å². The van der Waals surface area contributed by atoms with Gasteiger partial charge in [-0.05, 0) is 49.7 Å². The number of halogens is 3. The van der Waals surface area contributed by atoms with Gasteiger partial charge in [0.1, 0.15) is 5.82 Å². The summed E-state index contributed by atoms with van der Waals surface area (Å²) in [5.41, 5.74) is 6.31. The summed E-state index contributed by atoms with van der Waals surface area (Å²) in [6, 6.07) is -0.0429. The summed E-state index contributed by atoms with van der Waals surface area (Å²) >= 11 is 0. The molecular formula is C21H31F3N4O4S. The molecule has 1 aromatic carbocycles. The number of piperidine rings is 1. The van der Waals surface area contributed by atoms with Gasteiger partial charge in [0.05, 0.1) is 12.4 Å². The second-order valence-electron chi connectivity index (χ2n) is 8.66. The third kappa shape index (κ3) is 6.37. The van der Waals surface area contributed by atoms with Gasteiger partial charge in [0.15, 0.2) is 11.6 Å². The molecule has 1 aromatic rings. The second kappa shape index (κ2) is 11.0. The first-order valence-corrected chi connectivity index (χ1v) is 12.6. The first kappa shape index (κ1) is 25.7. The fourth-order valence-electron chi connectivity index (χ4n) is 4.85. The molecule has 3 rings (SSSR count). The second-order valence-corrected chi connectivity index (χ2v) is 10.7. The number of amides is 2. The smallest absolute Gasteiger partial charge is 0.314 e. The van der Waals surface area contributed by atoms with Crippen LogP contribution in [0.1, 0.15) is 31.2 Å². The molecule has 4 N–H and O–H groups in total. The number of hydrogen-bond acceptors (Lipinski definition) is 5. The SMILES string of the molecule is COCCNC(=O)NCCS(=O)(=O)N1[C@@H]2CC[C@H]1CC([C@H](N)Cc1cc(F)c(F)cc1F)C2. The van der Waals surface area contributed by atoms with E-state index in [0.29, 0.717) is 44.9 Å². The van der Waals surface area contributed by atoms with Crippen molar-refractivity contribution in [1.29, 1.82) is 0 Å². The molecule has 1 unspecified atom stereocenters. The zero-order chi connectivity index (χ0) is 24.2. The number of fused-ring (bicyclic) bond motifs is 2. The highest BCUT2D eigenvalue weighted by Crippen LogP contribution is 2.41. The van der Waals surface area contributed by atoms with Crippen LogP contribution >= 0.6 is 0 Å². The number of hydrogen-bond donors (Lipinski definition) is 3. The molecule has 0 aliphatic carbocycles. The summed E-state index contributed by atoms with van der Waals surface area (Å²) in [7, 11) is -2.08. The Morgan fingerprint density at radius 1 is 1.12 bits per heavy atom. The average Bonchev–Trinajstić information content (AvgIpc) is 3.03. The minimum atomic E-state index is -3.59. The van der Waals surface area contributed by atoms with Crippen LogP contribution in [0.5, 0.6) is 0 Å². The Kier molecular flexibility index (Phi) is 8.59. The van der Waals surface area contributed by atoms with Crippen molar-refractivity contribution in [1.82, 2.24) is 14.9 Å². The molecule has 2 saturated heterocycles. The Morgan fingerprint density at radius 3 is 2.36 bits per heavy atom. The maximum absolute atomic E-state index is 14.0. The summed E-state index contributed by atoms with van der Waals surface area (Å²) in [5.74, 6) is -3.49. The van der Waals surface area contributed by atoms with E-state index in [9.17, 15) is 26.4 Å². The minimum absolute atomic E-state index is 0.0126. The molecule has 0 saturated carbocycles. The van der Waals surface area contributed by atoms with Gasteiger partial charge in [-0.15, -0.1) is 0 Å². The number of methoxy groups -OCH3 is 1. The van der Waals surface area contributed by atoms with Crippen molar-refractivity contribution in [2.24, 2.45) is 11.7 Å². The molecule has 2 aliphatic rings. The van der Waals surface area contributed by atoms with Crippen LogP contribution in [-0.4, -0.2) is 69.4 Å². The summed E-state index contributed by atoms with van der Waals surface area (Å²) in [5, 5.41) is 5.09. The van der Waals surface area contributed by atoms with E-state index in [1.54, 1.807) is 4.31 Å². The lowest BCUT2D eigenvalue weighted by molar-refractivity contribution is 0.170. The molecule has 186 valence electrons. The van der Waals surface area contributed by atoms with Crippen LogP contribution in [0.15, 0.2) is 12.1 Å². The average molecular weight is 493 g/mol. The van der Waals surface area contributed by atoms with Crippen molar-refractivity contribution in [2.45, 2.75) is 50.2 Å². The Hall–Kier alpha value is -1.89. The van der Waals surface area contributed by atoms with Gasteiger partial charge in [-0.2, -0.15) is 4.31 Å². The van der Waals surface area contributed by atoms with Crippen LogP contribution in [0.2, 0.25) is 0 Å². The van der Waals surface area contributed by atoms with E-state index in [1.807, 2.05) is 0 Å². The van der Waals surface area contributed by atoms with Gasteiger partial charge >= 0.3 is 6.03 Å². The third-order valence-corrected chi connectivity index (χ3v) is 8.37. The fraction of sp³-hybridized carbons (Fsp3) is 0.667. The van der Waals surface area contributed by atoms with Crippen molar-refractivity contribution in [3.05, 3.63) is 35.1 Å². The van der Waals surface area contributed by atoms with Crippen LogP contribution in [0.25, 0.3) is 0 Å². The Labute approximate surface area is 192 Å². The van der Waals surface area contributed by atoms with Gasteiger partial charge in [-0.3, -0.25) is 0 Å². The summed E-state index contributed by atoms with van der Waals surface area (Å²) in [6.07, 6.45) is 2.50. The predicted molar refractivity (Wildman–Crippen MR) is 116 cm³/mol. The van der Waals surface area contributed by atoms with Gasteiger partial charge < -0.3 is 21.1 Å². The van der Waals surface area contributed by atoms with Gasteiger partial charge in [-0.1, -0.05) is 0 Å². The van der Waals surface area contributed by atoms with Gasteiger partial charge in [0.25, 0.3) is 0 Å². The topological polar surface area (TPSA) is 114 Å². The van der Waals surface area contributed by atoms with Crippen LogP contribution in [0.3, 0.4) is 0 Å². The lowest BCUT2D eigenvalue weighted by Crippen LogP contribution is -2.51. The van der Waals surface area contributed by atoms with Gasteiger partial charge in [-0.25, -0.2) is 26.4 Å². The van der Waals surface area contributed by atoms with Crippen molar-refractivity contribution in [3.8, 4) is 0 Å². The number of nitrogens with one attached hydrogen (secondary N) is 2. The van der Waals surface area contributed by atoms with Crippen LogP contribution in [0, 0.1) is 23.4 Å². The standard InChI is InChI=1S/C21H31F3N4O4S/c1-32-6-4-26-21(29)27-5-7-33(30,31)28-15-2-3-16(28)9-14(8-15)20(25)11-13-10-18(23)19(24)12-17(13)22/h10,12,14-16,20H,2-9,11,25H2,1H3,(H2,26,27,29)/t14?,15-,16+,20-/m1/s1. The number of carbonyl (C=O) groups is 1. The van der Waals surface area contributed by atoms with Crippen molar-refractivity contribution >= 4 is 16.1 Å².